The van der Waals surface area contributed by atoms with Gasteiger partial charge in [0, 0.05) is 17.4 Å². The van der Waals surface area contributed by atoms with Gasteiger partial charge in [-0.25, -0.2) is 4.68 Å². The van der Waals surface area contributed by atoms with Crippen molar-refractivity contribution in [3.8, 4) is 11.3 Å². The van der Waals surface area contributed by atoms with Crippen molar-refractivity contribution in [3.05, 3.63) is 23.0 Å². The Hall–Kier alpha value is -1.49. The lowest BCUT2D eigenvalue weighted by molar-refractivity contribution is -0.128. The van der Waals surface area contributed by atoms with Crippen LogP contribution in [0.4, 0.5) is 0 Å². The Morgan fingerprint density at radius 3 is 2.54 bits per heavy atom. The maximum Gasteiger partial charge on any atom is 0.154 e. The van der Waals surface area contributed by atoms with E-state index in [4.69, 9.17) is 0 Å². The fraction of sp³-hybridized carbons (Fsp3) is 0.632. The van der Waals surface area contributed by atoms with E-state index in [1.54, 1.807) is 16.0 Å². The zero-order valence-corrected chi connectivity index (χ0v) is 14.7. The van der Waals surface area contributed by atoms with E-state index in [0.29, 0.717) is 17.7 Å². The molecule has 0 amide bonds. The maximum absolute atomic E-state index is 12.7. The lowest BCUT2D eigenvalue weighted by Crippen LogP contribution is -2.47. The van der Waals surface area contributed by atoms with Crippen LogP contribution in [0.1, 0.15) is 44.9 Å². The van der Waals surface area contributed by atoms with E-state index in [0.717, 1.165) is 35.4 Å². The summed E-state index contributed by atoms with van der Waals surface area (Å²) in [5.41, 5.74) is 2.27. The Kier molecular flexibility index (Phi) is 3.40. The molecule has 6 rings (SSSR count). The summed E-state index contributed by atoms with van der Waals surface area (Å²) in [6.45, 7) is 0.374. The predicted octanol–water partition coefficient (Wildman–Crippen LogP) is 4.18. The number of rotatable bonds is 5. The Labute approximate surface area is 146 Å². The van der Waals surface area contributed by atoms with E-state index >= 15 is 0 Å². The standard InChI is InChI=1S/C19H23N3OS/c23-17(10-22-11-18(20-21-22)16-1-2-24-12-16)9-19-6-13-3-14(7-19)5-15(4-13)8-19/h1-2,11-15H,3-10H2. The van der Waals surface area contributed by atoms with Crippen molar-refractivity contribution >= 4 is 17.1 Å². The van der Waals surface area contributed by atoms with Gasteiger partial charge in [0.2, 0.25) is 0 Å². The quantitative estimate of drug-likeness (QED) is 0.819. The summed E-state index contributed by atoms with van der Waals surface area (Å²) in [4.78, 5) is 12.7. The van der Waals surface area contributed by atoms with Crippen LogP contribution in [0.5, 0.6) is 0 Å². The molecule has 0 saturated heterocycles. The molecule has 4 aliphatic carbocycles. The average molecular weight is 341 g/mol. The summed E-state index contributed by atoms with van der Waals surface area (Å²) in [7, 11) is 0. The summed E-state index contributed by atoms with van der Waals surface area (Å²) < 4.78 is 1.72. The SMILES string of the molecule is O=C(Cn1cc(-c2ccsc2)nn1)CC12CC3CC(CC(C3)C1)C2. The first-order chi connectivity index (χ1) is 11.7. The normalized spacial score (nSPS) is 33.9. The lowest BCUT2D eigenvalue weighted by Gasteiger charge is -2.56. The molecule has 4 bridgehead atoms. The van der Waals surface area contributed by atoms with Crippen LogP contribution in [0.15, 0.2) is 23.0 Å². The number of carbonyl (C=O) groups excluding carboxylic acids is 1. The summed E-state index contributed by atoms with van der Waals surface area (Å²) in [6, 6.07) is 2.04. The molecule has 5 heteroatoms. The zero-order chi connectivity index (χ0) is 16.1. The van der Waals surface area contributed by atoms with Crippen LogP contribution in [0.2, 0.25) is 0 Å². The second kappa shape index (κ2) is 5.51. The van der Waals surface area contributed by atoms with Gasteiger partial charge in [0.15, 0.2) is 5.78 Å². The molecule has 24 heavy (non-hydrogen) atoms. The molecule has 0 atom stereocenters. The molecule has 4 fully saturated rings. The number of hydrogen-bond acceptors (Lipinski definition) is 4. The monoisotopic (exact) mass is 341 g/mol. The molecule has 126 valence electrons. The van der Waals surface area contributed by atoms with Gasteiger partial charge in [0.1, 0.15) is 12.2 Å². The van der Waals surface area contributed by atoms with Crippen molar-refractivity contribution in [2.45, 2.75) is 51.5 Å². The zero-order valence-electron chi connectivity index (χ0n) is 13.9. The molecule has 4 aliphatic rings. The van der Waals surface area contributed by atoms with E-state index in [1.165, 1.54) is 38.5 Å². The van der Waals surface area contributed by atoms with E-state index in [9.17, 15) is 4.79 Å². The van der Waals surface area contributed by atoms with Gasteiger partial charge < -0.3 is 0 Å². The molecule has 2 heterocycles. The first-order valence-electron chi connectivity index (χ1n) is 9.12. The molecule has 4 nitrogen and oxygen atoms in total. The lowest BCUT2D eigenvalue weighted by atomic mass is 9.48. The topological polar surface area (TPSA) is 47.8 Å². The van der Waals surface area contributed by atoms with Gasteiger partial charge in [-0.05, 0) is 73.1 Å². The van der Waals surface area contributed by atoms with Gasteiger partial charge in [0.25, 0.3) is 0 Å². The fourth-order valence-corrected chi connectivity index (χ4v) is 6.73. The van der Waals surface area contributed by atoms with E-state index in [-0.39, 0.29) is 0 Å². The van der Waals surface area contributed by atoms with Crippen LogP contribution in [0, 0.1) is 23.2 Å². The molecule has 0 spiro atoms. The molecule has 0 unspecified atom stereocenters. The Bertz CT molecular complexity index is 713. The molecule has 0 radical (unpaired) electrons. The van der Waals surface area contributed by atoms with E-state index < -0.39 is 0 Å². The van der Waals surface area contributed by atoms with Gasteiger partial charge in [0.05, 0.1) is 6.20 Å². The molecular formula is C19H23N3OS. The minimum atomic E-state index is 0.322. The second-order valence-corrected chi connectivity index (χ2v) is 9.23. The number of Topliss-reactive ketones (excluding diaryl/α,β-unsaturated/α-hetero) is 1. The van der Waals surface area contributed by atoms with E-state index in [2.05, 4.69) is 15.7 Å². The van der Waals surface area contributed by atoms with Crippen LogP contribution in [0.25, 0.3) is 11.3 Å². The molecule has 2 aromatic heterocycles. The summed E-state index contributed by atoms with van der Waals surface area (Å²) in [6.07, 6.45) is 10.8. The second-order valence-electron chi connectivity index (χ2n) is 8.45. The average Bonchev–Trinajstić information content (AvgIpc) is 3.15. The van der Waals surface area contributed by atoms with Gasteiger partial charge in [-0.2, -0.15) is 11.3 Å². The molecular weight excluding hydrogens is 318 g/mol. The minimum absolute atomic E-state index is 0.322. The number of aromatic nitrogens is 3. The third-order valence-corrected chi connectivity index (χ3v) is 7.11. The van der Waals surface area contributed by atoms with Gasteiger partial charge >= 0.3 is 0 Å². The van der Waals surface area contributed by atoms with Gasteiger partial charge in [-0.1, -0.05) is 5.21 Å². The van der Waals surface area contributed by atoms with Crippen molar-refractivity contribution < 1.29 is 4.79 Å². The van der Waals surface area contributed by atoms with Crippen LogP contribution in [-0.2, 0) is 11.3 Å². The van der Waals surface area contributed by atoms with Crippen LogP contribution >= 0.6 is 11.3 Å². The first kappa shape index (κ1) is 14.8. The number of ketones is 1. The van der Waals surface area contributed by atoms with Crippen molar-refractivity contribution in [1.29, 1.82) is 0 Å². The number of hydrogen-bond donors (Lipinski definition) is 0. The largest absolute Gasteiger partial charge is 0.298 e. The van der Waals surface area contributed by atoms with Crippen molar-refractivity contribution in [2.75, 3.05) is 0 Å². The number of carbonyl (C=O) groups is 1. The third-order valence-electron chi connectivity index (χ3n) is 6.43. The Balaban J connectivity index is 1.26. The fourth-order valence-electron chi connectivity index (χ4n) is 6.08. The Morgan fingerprint density at radius 2 is 1.92 bits per heavy atom. The highest BCUT2D eigenvalue weighted by Crippen LogP contribution is 2.61. The molecule has 0 aromatic carbocycles. The highest BCUT2D eigenvalue weighted by atomic mass is 32.1. The summed E-state index contributed by atoms with van der Waals surface area (Å²) in [5.74, 6) is 3.04. The molecule has 2 aromatic rings. The van der Waals surface area contributed by atoms with Crippen LogP contribution < -0.4 is 0 Å². The van der Waals surface area contributed by atoms with Crippen molar-refractivity contribution in [2.24, 2.45) is 23.2 Å². The minimum Gasteiger partial charge on any atom is -0.298 e. The smallest absolute Gasteiger partial charge is 0.154 e. The molecule has 0 N–H and O–H groups in total. The third kappa shape index (κ3) is 2.63. The van der Waals surface area contributed by atoms with Crippen molar-refractivity contribution in [1.82, 2.24) is 15.0 Å². The van der Waals surface area contributed by atoms with Gasteiger partial charge in [-0.3, -0.25) is 4.79 Å². The summed E-state index contributed by atoms with van der Waals surface area (Å²) >= 11 is 1.65. The molecule has 0 aliphatic heterocycles. The van der Waals surface area contributed by atoms with Crippen LogP contribution in [0.3, 0.4) is 0 Å². The number of nitrogens with zero attached hydrogens (tertiary/aromatic N) is 3. The summed E-state index contributed by atoms with van der Waals surface area (Å²) in [5, 5.41) is 12.5. The highest BCUT2D eigenvalue weighted by molar-refractivity contribution is 7.08. The van der Waals surface area contributed by atoms with Gasteiger partial charge in [-0.15, -0.1) is 5.10 Å². The Morgan fingerprint density at radius 1 is 1.21 bits per heavy atom. The van der Waals surface area contributed by atoms with Crippen LogP contribution in [-0.4, -0.2) is 20.8 Å². The molecule has 4 saturated carbocycles. The maximum atomic E-state index is 12.7. The first-order valence-corrected chi connectivity index (χ1v) is 10.1. The highest BCUT2D eigenvalue weighted by Gasteiger charge is 2.51. The van der Waals surface area contributed by atoms with Crippen molar-refractivity contribution in [3.63, 3.8) is 0 Å². The van der Waals surface area contributed by atoms with E-state index in [1.807, 2.05) is 17.6 Å². The number of thiophene rings is 1. The predicted molar refractivity (Wildman–Crippen MR) is 93.6 cm³/mol.